The van der Waals surface area contributed by atoms with E-state index in [0.29, 0.717) is 28.8 Å². The summed E-state index contributed by atoms with van der Waals surface area (Å²) in [4.78, 5) is 11.9. The summed E-state index contributed by atoms with van der Waals surface area (Å²) in [6.45, 7) is 0. The van der Waals surface area contributed by atoms with Crippen molar-refractivity contribution in [2.45, 2.75) is 31.7 Å². The molecule has 1 aromatic rings. The lowest BCUT2D eigenvalue weighted by molar-refractivity contribution is -0.117. The van der Waals surface area contributed by atoms with Gasteiger partial charge < -0.3 is 15.8 Å². The monoisotopic (exact) mass is 282 g/mol. The molecule has 104 valence electrons. The maximum Gasteiger partial charge on any atom is 0.224 e. The fourth-order valence-electron chi connectivity index (χ4n) is 2.51. The summed E-state index contributed by atoms with van der Waals surface area (Å²) in [6.07, 6.45) is 3.66. The van der Waals surface area contributed by atoms with Gasteiger partial charge in [0.1, 0.15) is 5.75 Å². The highest BCUT2D eigenvalue weighted by atomic mass is 35.5. The van der Waals surface area contributed by atoms with Gasteiger partial charge in [0, 0.05) is 18.2 Å². The number of anilines is 1. The first-order chi connectivity index (χ1) is 9.10. The maximum absolute atomic E-state index is 11.9. The number of carbonyl (C=O) groups is 1. The van der Waals surface area contributed by atoms with E-state index in [1.807, 2.05) is 0 Å². The summed E-state index contributed by atoms with van der Waals surface area (Å²) in [5, 5.41) is 3.33. The van der Waals surface area contributed by atoms with Gasteiger partial charge in [0.05, 0.1) is 12.1 Å². The van der Waals surface area contributed by atoms with E-state index in [9.17, 15) is 4.79 Å². The van der Waals surface area contributed by atoms with Crippen molar-refractivity contribution in [3.05, 3.63) is 23.2 Å². The SMILES string of the molecule is COc1ccc(NC(=O)C[C@@H]2CCC[C@H]2N)cc1Cl. The molecule has 0 unspecified atom stereocenters. The highest BCUT2D eigenvalue weighted by Crippen LogP contribution is 2.29. The Bertz CT molecular complexity index is 465. The molecule has 3 N–H and O–H groups in total. The van der Waals surface area contributed by atoms with Crippen LogP contribution in [0.4, 0.5) is 5.69 Å². The van der Waals surface area contributed by atoms with Gasteiger partial charge in [-0.1, -0.05) is 18.0 Å². The fraction of sp³-hybridized carbons (Fsp3) is 0.500. The van der Waals surface area contributed by atoms with Crippen LogP contribution in [0.15, 0.2) is 18.2 Å². The van der Waals surface area contributed by atoms with Crippen LogP contribution in [0.5, 0.6) is 5.75 Å². The smallest absolute Gasteiger partial charge is 0.224 e. The molecule has 0 aromatic heterocycles. The van der Waals surface area contributed by atoms with Crippen LogP contribution >= 0.6 is 11.6 Å². The van der Waals surface area contributed by atoms with E-state index in [1.165, 1.54) is 0 Å². The second-order valence-electron chi connectivity index (χ2n) is 4.96. The number of methoxy groups -OCH3 is 1. The lowest BCUT2D eigenvalue weighted by Gasteiger charge is -2.15. The third-order valence-corrected chi connectivity index (χ3v) is 3.90. The molecule has 19 heavy (non-hydrogen) atoms. The first-order valence-electron chi connectivity index (χ1n) is 6.49. The fourth-order valence-corrected chi connectivity index (χ4v) is 2.77. The molecule has 0 heterocycles. The average Bonchev–Trinajstić information content (AvgIpc) is 2.75. The van der Waals surface area contributed by atoms with Crippen LogP contribution in [0, 0.1) is 5.92 Å². The normalized spacial score (nSPS) is 22.3. The second-order valence-corrected chi connectivity index (χ2v) is 5.36. The van der Waals surface area contributed by atoms with E-state index >= 15 is 0 Å². The van der Waals surface area contributed by atoms with Crippen molar-refractivity contribution in [1.82, 2.24) is 0 Å². The summed E-state index contributed by atoms with van der Waals surface area (Å²) in [7, 11) is 1.56. The van der Waals surface area contributed by atoms with E-state index in [4.69, 9.17) is 22.1 Å². The van der Waals surface area contributed by atoms with Gasteiger partial charge in [0.15, 0.2) is 0 Å². The average molecular weight is 283 g/mol. The summed E-state index contributed by atoms with van der Waals surface area (Å²) < 4.78 is 5.07. The van der Waals surface area contributed by atoms with Gasteiger partial charge in [-0.3, -0.25) is 4.79 Å². The van der Waals surface area contributed by atoms with Crippen molar-refractivity contribution in [3.63, 3.8) is 0 Å². The molecule has 4 nitrogen and oxygen atoms in total. The van der Waals surface area contributed by atoms with E-state index in [-0.39, 0.29) is 11.9 Å². The Morgan fingerprint density at radius 1 is 1.53 bits per heavy atom. The molecule has 1 aliphatic carbocycles. The van der Waals surface area contributed by atoms with Crippen LogP contribution < -0.4 is 15.8 Å². The Balaban J connectivity index is 1.93. The number of rotatable bonds is 4. The molecule has 1 amide bonds. The van der Waals surface area contributed by atoms with E-state index in [0.717, 1.165) is 19.3 Å². The van der Waals surface area contributed by atoms with E-state index in [2.05, 4.69) is 5.32 Å². The van der Waals surface area contributed by atoms with Crippen molar-refractivity contribution >= 4 is 23.2 Å². The van der Waals surface area contributed by atoms with Crippen molar-refractivity contribution in [1.29, 1.82) is 0 Å². The molecule has 1 fully saturated rings. The summed E-state index contributed by atoms with van der Waals surface area (Å²) >= 11 is 6.01. The molecule has 1 aliphatic rings. The Hall–Kier alpha value is -1.26. The van der Waals surface area contributed by atoms with Crippen LogP contribution in [0.3, 0.4) is 0 Å². The molecule has 1 saturated carbocycles. The van der Waals surface area contributed by atoms with Gasteiger partial charge >= 0.3 is 0 Å². The number of benzene rings is 1. The van der Waals surface area contributed by atoms with Gasteiger partial charge in [0.25, 0.3) is 0 Å². The quantitative estimate of drug-likeness (QED) is 0.892. The Labute approximate surface area is 118 Å². The summed E-state index contributed by atoms with van der Waals surface area (Å²) in [6, 6.07) is 5.36. The Morgan fingerprint density at radius 2 is 2.32 bits per heavy atom. The zero-order valence-corrected chi connectivity index (χ0v) is 11.7. The molecule has 1 aromatic carbocycles. The lowest BCUT2D eigenvalue weighted by Crippen LogP contribution is -2.28. The summed E-state index contributed by atoms with van der Waals surface area (Å²) in [5.41, 5.74) is 6.65. The zero-order valence-electron chi connectivity index (χ0n) is 11.0. The predicted molar refractivity (Wildman–Crippen MR) is 76.6 cm³/mol. The third kappa shape index (κ3) is 3.61. The molecular weight excluding hydrogens is 264 g/mol. The summed E-state index contributed by atoms with van der Waals surface area (Å²) in [5.74, 6) is 0.884. The first-order valence-corrected chi connectivity index (χ1v) is 6.87. The number of halogens is 1. The second kappa shape index (κ2) is 6.26. The third-order valence-electron chi connectivity index (χ3n) is 3.60. The van der Waals surface area contributed by atoms with Crippen LogP contribution in [0.1, 0.15) is 25.7 Å². The number of carbonyl (C=O) groups excluding carboxylic acids is 1. The van der Waals surface area contributed by atoms with E-state index < -0.39 is 0 Å². The topological polar surface area (TPSA) is 64.3 Å². The van der Waals surface area contributed by atoms with Crippen LogP contribution in [0.25, 0.3) is 0 Å². The molecule has 0 spiro atoms. The molecular formula is C14H19ClN2O2. The van der Waals surface area contributed by atoms with Gasteiger partial charge in [-0.25, -0.2) is 0 Å². The number of hydrogen-bond donors (Lipinski definition) is 2. The molecule has 2 atom stereocenters. The highest BCUT2D eigenvalue weighted by molar-refractivity contribution is 6.32. The minimum atomic E-state index is -0.0106. The first kappa shape index (κ1) is 14.2. The van der Waals surface area contributed by atoms with Crippen LogP contribution in [-0.2, 0) is 4.79 Å². The number of ether oxygens (including phenoxy) is 1. The zero-order chi connectivity index (χ0) is 13.8. The van der Waals surface area contributed by atoms with Gasteiger partial charge in [-0.15, -0.1) is 0 Å². The lowest BCUT2D eigenvalue weighted by atomic mass is 10.00. The minimum absolute atomic E-state index is 0.0106. The molecule has 5 heteroatoms. The molecule has 0 bridgehead atoms. The Morgan fingerprint density at radius 3 is 2.89 bits per heavy atom. The molecule has 0 radical (unpaired) electrons. The maximum atomic E-state index is 11.9. The van der Waals surface area contributed by atoms with Crippen molar-refractivity contribution < 1.29 is 9.53 Å². The van der Waals surface area contributed by atoms with Crippen molar-refractivity contribution in [2.24, 2.45) is 11.7 Å². The van der Waals surface area contributed by atoms with Gasteiger partial charge in [-0.05, 0) is 37.0 Å². The van der Waals surface area contributed by atoms with Crippen LogP contribution in [-0.4, -0.2) is 19.1 Å². The van der Waals surface area contributed by atoms with Crippen LogP contribution in [0.2, 0.25) is 5.02 Å². The molecule has 0 aliphatic heterocycles. The largest absolute Gasteiger partial charge is 0.495 e. The number of amides is 1. The predicted octanol–water partition coefficient (Wildman–Crippen LogP) is 2.80. The molecule has 2 rings (SSSR count). The number of nitrogens with two attached hydrogens (primary N) is 1. The highest BCUT2D eigenvalue weighted by Gasteiger charge is 2.26. The number of hydrogen-bond acceptors (Lipinski definition) is 3. The molecule has 0 saturated heterocycles. The Kier molecular flexibility index (Phi) is 4.66. The van der Waals surface area contributed by atoms with Crippen molar-refractivity contribution in [2.75, 3.05) is 12.4 Å². The van der Waals surface area contributed by atoms with Crippen molar-refractivity contribution in [3.8, 4) is 5.75 Å². The van der Waals surface area contributed by atoms with Gasteiger partial charge in [0.2, 0.25) is 5.91 Å². The number of nitrogens with one attached hydrogen (secondary N) is 1. The van der Waals surface area contributed by atoms with Gasteiger partial charge in [-0.2, -0.15) is 0 Å². The minimum Gasteiger partial charge on any atom is -0.495 e. The van der Waals surface area contributed by atoms with E-state index in [1.54, 1.807) is 25.3 Å². The standard InChI is InChI=1S/C14H19ClN2O2/c1-19-13-6-5-10(8-11(13)15)17-14(18)7-9-3-2-4-12(9)16/h5-6,8-9,12H,2-4,7,16H2,1H3,(H,17,18)/t9-,12+/m0/s1.